The van der Waals surface area contributed by atoms with Gasteiger partial charge >= 0.3 is 0 Å². The molecule has 90 valence electrons. The summed E-state index contributed by atoms with van der Waals surface area (Å²) in [5, 5.41) is 4.06. The average molecular weight is 243 g/mol. The van der Waals surface area contributed by atoms with E-state index >= 15 is 0 Å². The number of thiazole rings is 1. The Kier molecular flexibility index (Phi) is 3.44. The summed E-state index contributed by atoms with van der Waals surface area (Å²) >= 11 is 1.56. The molecule has 1 fully saturated rings. The fourth-order valence-corrected chi connectivity index (χ4v) is 2.38. The van der Waals surface area contributed by atoms with Crippen LogP contribution in [0.25, 0.3) is 0 Å². The number of ether oxygens (including phenoxy) is 2. The monoisotopic (exact) mass is 243 g/mol. The van der Waals surface area contributed by atoms with Gasteiger partial charge < -0.3 is 20.5 Å². The van der Waals surface area contributed by atoms with E-state index in [-0.39, 0.29) is 18.6 Å². The van der Waals surface area contributed by atoms with Gasteiger partial charge in [-0.1, -0.05) is 11.3 Å². The van der Waals surface area contributed by atoms with Crippen LogP contribution in [0.15, 0.2) is 0 Å². The highest BCUT2D eigenvalue weighted by molar-refractivity contribution is 7.15. The van der Waals surface area contributed by atoms with E-state index in [0.717, 1.165) is 22.2 Å². The zero-order valence-electron chi connectivity index (χ0n) is 9.69. The van der Waals surface area contributed by atoms with Gasteiger partial charge in [0.1, 0.15) is 0 Å². The summed E-state index contributed by atoms with van der Waals surface area (Å²) in [5.74, 6) is 0. The second-order valence-corrected chi connectivity index (χ2v) is 5.03. The molecule has 0 radical (unpaired) electrons. The average Bonchev–Trinajstić information content (AvgIpc) is 2.52. The summed E-state index contributed by atoms with van der Waals surface area (Å²) in [6.07, 6.45) is -0.342. The van der Waals surface area contributed by atoms with E-state index in [1.165, 1.54) is 0 Å². The Bertz CT molecular complexity index is 361. The molecular formula is C10H17N3O2S. The van der Waals surface area contributed by atoms with E-state index in [1.807, 2.05) is 20.8 Å². The third-order valence-corrected chi connectivity index (χ3v) is 3.39. The van der Waals surface area contributed by atoms with Crippen LogP contribution in [0.4, 0.5) is 5.13 Å². The molecule has 0 unspecified atom stereocenters. The van der Waals surface area contributed by atoms with Crippen LogP contribution in [-0.2, 0) is 9.47 Å². The largest absolute Gasteiger partial charge is 0.360 e. The Morgan fingerprint density at radius 1 is 1.56 bits per heavy atom. The zero-order chi connectivity index (χ0) is 11.7. The Balaban J connectivity index is 1.98. The van der Waals surface area contributed by atoms with Crippen LogP contribution in [0, 0.1) is 6.92 Å². The van der Waals surface area contributed by atoms with Gasteiger partial charge in [-0.05, 0) is 20.8 Å². The molecule has 2 rings (SSSR count). The first-order valence-electron chi connectivity index (χ1n) is 5.34. The SMILES string of the molecule is Cc1nc(NC[C@H](C)N)sc1C1OC(C)O1. The van der Waals surface area contributed by atoms with Crippen LogP contribution >= 0.6 is 11.3 Å². The fraction of sp³-hybridized carbons (Fsp3) is 0.700. The van der Waals surface area contributed by atoms with E-state index in [1.54, 1.807) is 11.3 Å². The van der Waals surface area contributed by atoms with Gasteiger partial charge in [0, 0.05) is 12.6 Å². The van der Waals surface area contributed by atoms with Crippen molar-refractivity contribution >= 4 is 16.5 Å². The maximum atomic E-state index is 5.67. The molecule has 1 aromatic rings. The minimum atomic E-state index is -0.238. The lowest BCUT2D eigenvalue weighted by Gasteiger charge is -2.32. The first-order valence-corrected chi connectivity index (χ1v) is 6.15. The van der Waals surface area contributed by atoms with Gasteiger partial charge in [-0.2, -0.15) is 0 Å². The fourth-order valence-electron chi connectivity index (χ4n) is 1.43. The number of hydrogen-bond donors (Lipinski definition) is 2. The molecule has 5 nitrogen and oxygen atoms in total. The van der Waals surface area contributed by atoms with Crippen LogP contribution < -0.4 is 11.1 Å². The Morgan fingerprint density at radius 3 is 2.81 bits per heavy atom. The molecule has 0 amide bonds. The van der Waals surface area contributed by atoms with Crippen molar-refractivity contribution < 1.29 is 9.47 Å². The highest BCUT2D eigenvalue weighted by Gasteiger charge is 2.31. The molecule has 2 heterocycles. The predicted molar refractivity (Wildman–Crippen MR) is 63.4 cm³/mol. The van der Waals surface area contributed by atoms with E-state index in [0.29, 0.717) is 0 Å². The normalized spacial score (nSPS) is 26.2. The molecular weight excluding hydrogens is 226 g/mol. The van der Waals surface area contributed by atoms with Crippen molar-refractivity contribution in [2.45, 2.75) is 39.4 Å². The van der Waals surface area contributed by atoms with Crippen LogP contribution in [-0.4, -0.2) is 23.9 Å². The standard InChI is InChI=1S/C10H17N3O2S/c1-5(11)4-12-10-13-6(2)8(16-10)9-14-7(3)15-9/h5,7,9H,4,11H2,1-3H3,(H,12,13)/t5-,7?,9?/m0/s1. The number of rotatable bonds is 4. The summed E-state index contributed by atoms with van der Waals surface area (Å²) < 4.78 is 10.9. The number of nitrogens with two attached hydrogens (primary N) is 1. The molecule has 0 bridgehead atoms. The van der Waals surface area contributed by atoms with Gasteiger partial charge in [-0.3, -0.25) is 0 Å². The Labute approximate surface area is 99.0 Å². The second-order valence-electron chi connectivity index (χ2n) is 4.00. The Hall–Kier alpha value is -0.690. The van der Waals surface area contributed by atoms with Crippen molar-refractivity contribution in [3.63, 3.8) is 0 Å². The zero-order valence-corrected chi connectivity index (χ0v) is 10.5. The minimum Gasteiger partial charge on any atom is -0.360 e. The third-order valence-electron chi connectivity index (χ3n) is 2.25. The Morgan fingerprint density at radius 2 is 2.25 bits per heavy atom. The van der Waals surface area contributed by atoms with E-state index < -0.39 is 0 Å². The van der Waals surface area contributed by atoms with E-state index in [9.17, 15) is 0 Å². The van der Waals surface area contributed by atoms with Crippen molar-refractivity contribution in [2.24, 2.45) is 5.73 Å². The lowest BCUT2D eigenvalue weighted by Crippen LogP contribution is -2.31. The van der Waals surface area contributed by atoms with Crippen molar-refractivity contribution in [3.05, 3.63) is 10.6 Å². The number of nitrogens with one attached hydrogen (secondary N) is 1. The van der Waals surface area contributed by atoms with Gasteiger partial charge in [0.25, 0.3) is 0 Å². The molecule has 0 spiro atoms. The van der Waals surface area contributed by atoms with Gasteiger partial charge in [-0.25, -0.2) is 4.98 Å². The molecule has 1 aromatic heterocycles. The lowest BCUT2D eigenvalue weighted by atomic mass is 10.3. The minimum absolute atomic E-state index is 0.105. The summed E-state index contributed by atoms with van der Waals surface area (Å²) in [6, 6.07) is 0.115. The second kappa shape index (κ2) is 4.67. The molecule has 3 N–H and O–H groups in total. The molecule has 1 atom stereocenters. The predicted octanol–water partition coefficient (Wildman–Crippen LogP) is 1.60. The van der Waals surface area contributed by atoms with Crippen LogP contribution in [0.2, 0.25) is 0 Å². The highest BCUT2D eigenvalue weighted by Crippen LogP contribution is 2.38. The van der Waals surface area contributed by atoms with E-state index in [4.69, 9.17) is 15.2 Å². The molecule has 6 heteroatoms. The van der Waals surface area contributed by atoms with Crippen molar-refractivity contribution in [1.82, 2.24) is 4.98 Å². The molecule has 1 saturated heterocycles. The number of aryl methyl sites for hydroxylation is 1. The first kappa shape index (κ1) is 11.8. The number of nitrogens with zero attached hydrogens (tertiary/aromatic N) is 1. The molecule has 0 aromatic carbocycles. The smallest absolute Gasteiger partial charge is 0.200 e. The quantitative estimate of drug-likeness (QED) is 0.840. The molecule has 0 saturated carbocycles. The van der Waals surface area contributed by atoms with E-state index in [2.05, 4.69) is 10.3 Å². The molecule has 1 aliphatic rings. The third kappa shape index (κ3) is 2.52. The summed E-state index contributed by atoms with van der Waals surface area (Å²) in [7, 11) is 0. The molecule has 16 heavy (non-hydrogen) atoms. The van der Waals surface area contributed by atoms with Crippen LogP contribution in [0.1, 0.15) is 30.7 Å². The van der Waals surface area contributed by atoms with Crippen LogP contribution in [0.3, 0.4) is 0 Å². The number of hydrogen-bond acceptors (Lipinski definition) is 6. The number of aromatic nitrogens is 1. The van der Waals surface area contributed by atoms with Crippen molar-refractivity contribution in [3.8, 4) is 0 Å². The van der Waals surface area contributed by atoms with Crippen molar-refractivity contribution in [1.29, 1.82) is 0 Å². The lowest BCUT2D eigenvalue weighted by molar-refractivity contribution is -0.381. The van der Waals surface area contributed by atoms with Crippen LogP contribution in [0.5, 0.6) is 0 Å². The highest BCUT2D eigenvalue weighted by atomic mass is 32.1. The molecule has 1 aliphatic heterocycles. The first-order chi connectivity index (χ1) is 7.56. The molecule has 0 aliphatic carbocycles. The summed E-state index contributed by atoms with van der Waals surface area (Å²) in [6.45, 7) is 6.50. The topological polar surface area (TPSA) is 69.4 Å². The van der Waals surface area contributed by atoms with Gasteiger partial charge in [0.05, 0.1) is 10.6 Å². The summed E-state index contributed by atoms with van der Waals surface area (Å²) in [4.78, 5) is 5.44. The maximum absolute atomic E-state index is 5.67. The number of anilines is 1. The van der Waals surface area contributed by atoms with Crippen molar-refractivity contribution in [2.75, 3.05) is 11.9 Å². The van der Waals surface area contributed by atoms with Gasteiger partial charge in [0.15, 0.2) is 11.4 Å². The summed E-state index contributed by atoms with van der Waals surface area (Å²) in [5.41, 5.74) is 6.62. The van der Waals surface area contributed by atoms with Gasteiger partial charge in [0.2, 0.25) is 6.29 Å². The maximum Gasteiger partial charge on any atom is 0.200 e. The van der Waals surface area contributed by atoms with Gasteiger partial charge in [-0.15, -0.1) is 0 Å².